The lowest BCUT2D eigenvalue weighted by molar-refractivity contribution is -0.116. The number of aromatic nitrogens is 2. The van der Waals surface area contributed by atoms with E-state index in [0.29, 0.717) is 21.6 Å². The number of fused-ring (bicyclic) bond motifs is 1. The van der Waals surface area contributed by atoms with Gasteiger partial charge in [-0.1, -0.05) is 6.07 Å². The van der Waals surface area contributed by atoms with E-state index in [1.807, 2.05) is 11.4 Å². The third kappa shape index (κ3) is 3.15. The molecule has 0 bridgehead atoms. The van der Waals surface area contributed by atoms with Crippen LogP contribution < -0.4 is 11.0 Å². The molecule has 3 N–H and O–H groups in total. The van der Waals surface area contributed by atoms with Gasteiger partial charge in [0.15, 0.2) is 5.78 Å². The lowest BCUT2D eigenvalue weighted by Crippen LogP contribution is -2.13. The summed E-state index contributed by atoms with van der Waals surface area (Å²) in [4.78, 5) is 40.8. The van der Waals surface area contributed by atoms with Gasteiger partial charge in [0, 0.05) is 18.5 Å². The van der Waals surface area contributed by atoms with E-state index in [1.165, 1.54) is 11.3 Å². The van der Waals surface area contributed by atoms with Gasteiger partial charge in [0.25, 0.3) is 0 Å². The molecule has 0 spiro atoms. The molecule has 0 unspecified atom stereocenters. The van der Waals surface area contributed by atoms with Gasteiger partial charge >= 0.3 is 5.69 Å². The highest BCUT2D eigenvalue weighted by molar-refractivity contribution is 7.12. The molecule has 3 rings (SSSR count). The molecule has 0 saturated heterocycles. The number of amides is 1. The number of anilines is 1. The van der Waals surface area contributed by atoms with Crippen LogP contribution in [0.15, 0.2) is 40.5 Å². The largest absolute Gasteiger partial charge is 0.326 e. The van der Waals surface area contributed by atoms with Crippen molar-refractivity contribution in [1.82, 2.24) is 9.97 Å². The molecule has 1 amide bonds. The zero-order valence-corrected chi connectivity index (χ0v) is 12.3. The minimum atomic E-state index is -0.292. The fourth-order valence-corrected chi connectivity index (χ4v) is 2.82. The van der Waals surface area contributed by atoms with Crippen LogP contribution in [-0.2, 0) is 4.79 Å². The number of hydrogen-bond donors (Lipinski definition) is 3. The van der Waals surface area contributed by atoms with E-state index < -0.39 is 0 Å². The molecule has 6 nitrogen and oxygen atoms in total. The summed E-state index contributed by atoms with van der Waals surface area (Å²) >= 11 is 1.37. The average molecular weight is 315 g/mol. The number of ketones is 1. The Labute approximate surface area is 129 Å². The molecule has 1 aromatic carbocycles. The molecule has 2 heterocycles. The quantitative estimate of drug-likeness (QED) is 0.631. The van der Waals surface area contributed by atoms with E-state index in [4.69, 9.17) is 0 Å². The van der Waals surface area contributed by atoms with Crippen LogP contribution in [0.5, 0.6) is 0 Å². The van der Waals surface area contributed by atoms with Crippen LogP contribution in [0.2, 0.25) is 0 Å². The molecule has 0 radical (unpaired) electrons. The number of H-pyrrole nitrogens is 2. The van der Waals surface area contributed by atoms with Gasteiger partial charge in [-0.05, 0) is 29.6 Å². The summed E-state index contributed by atoms with van der Waals surface area (Å²) in [6, 6.07) is 8.64. The van der Waals surface area contributed by atoms with Crippen molar-refractivity contribution in [2.24, 2.45) is 0 Å². The Morgan fingerprint density at radius 3 is 2.68 bits per heavy atom. The van der Waals surface area contributed by atoms with Crippen molar-refractivity contribution >= 4 is 39.7 Å². The molecule has 22 heavy (non-hydrogen) atoms. The van der Waals surface area contributed by atoms with Crippen LogP contribution in [-0.4, -0.2) is 21.7 Å². The fraction of sp³-hybridized carbons (Fsp3) is 0.133. The first-order chi connectivity index (χ1) is 10.6. The Kier molecular flexibility index (Phi) is 3.88. The van der Waals surface area contributed by atoms with Gasteiger partial charge in [-0.2, -0.15) is 0 Å². The molecule has 0 aliphatic heterocycles. The second-order valence-electron chi connectivity index (χ2n) is 4.79. The summed E-state index contributed by atoms with van der Waals surface area (Å²) in [7, 11) is 0. The van der Waals surface area contributed by atoms with Gasteiger partial charge in [-0.3, -0.25) is 9.59 Å². The second kappa shape index (κ2) is 5.98. The van der Waals surface area contributed by atoms with Crippen LogP contribution in [0.4, 0.5) is 5.69 Å². The second-order valence-corrected chi connectivity index (χ2v) is 5.74. The number of carbonyl (C=O) groups is 2. The standard InChI is InChI=1S/C15H13N3O3S/c19-12(13-2-1-7-22-13)5-6-14(20)16-9-3-4-10-11(8-9)18-15(21)17-10/h1-4,7-8H,5-6H2,(H,16,20)(H2,17,18,21). The topological polar surface area (TPSA) is 94.8 Å². The molecule has 0 fully saturated rings. The molecule has 112 valence electrons. The van der Waals surface area contributed by atoms with Gasteiger partial charge in [0.1, 0.15) is 0 Å². The Bertz CT molecular complexity index is 877. The Morgan fingerprint density at radius 1 is 1.09 bits per heavy atom. The van der Waals surface area contributed by atoms with E-state index >= 15 is 0 Å². The predicted molar refractivity (Wildman–Crippen MR) is 85.4 cm³/mol. The van der Waals surface area contributed by atoms with Gasteiger partial charge in [0.2, 0.25) is 5.91 Å². The van der Waals surface area contributed by atoms with E-state index in [9.17, 15) is 14.4 Å². The minimum absolute atomic E-state index is 0.0319. The number of thiophene rings is 1. The number of aromatic amines is 2. The Morgan fingerprint density at radius 2 is 1.91 bits per heavy atom. The van der Waals surface area contributed by atoms with Crippen LogP contribution in [0.3, 0.4) is 0 Å². The number of hydrogen-bond acceptors (Lipinski definition) is 4. The summed E-state index contributed by atoms with van der Waals surface area (Å²) in [5.74, 6) is -0.266. The maximum Gasteiger partial charge on any atom is 0.323 e. The number of Topliss-reactive ketones (excluding diaryl/α,β-unsaturated/α-hetero) is 1. The van der Waals surface area contributed by atoms with Crippen molar-refractivity contribution in [2.75, 3.05) is 5.32 Å². The van der Waals surface area contributed by atoms with Crippen LogP contribution in [0.1, 0.15) is 22.5 Å². The molecule has 3 aromatic rings. The molecule has 0 aliphatic carbocycles. The van der Waals surface area contributed by atoms with Crippen molar-refractivity contribution in [3.8, 4) is 0 Å². The van der Waals surface area contributed by atoms with E-state index in [2.05, 4.69) is 15.3 Å². The summed E-state index contributed by atoms with van der Waals surface area (Å²) in [6.07, 6.45) is 0.300. The number of imidazole rings is 1. The van der Waals surface area contributed by atoms with Gasteiger partial charge < -0.3 is 15.3 Å². The minimum Gasteiger partial charge on any atom is -0.326 e. The summed E-state index contributed by atoms with van der Waals surface area (Å²) in [5.41, 5.74) is 1.59. The monoisotopic (exact) mass is 315 g/mol. The third-order valence-corrected chi connectivity index (χ3v) is 4.09. The van der Waals surface area contributed by atoms with Crippen molar-refractivity contribution in [1.29, 1.82) is 0 Å². The van der Waals surface area contributed by atoms with E-state index in [0.717, 1.165) is 0 Å². The molecule has 2 aromatic heterocycles. The first-order valence-electron chi connectivity index (χ1n) is 6.70. The molecular weight excluding hydrogens is 302 g/mol. The molecular formula is C15H13N3O3S. The van der Waals surface area contributed by atoms with Crippen LogP contribution in [0.25, 0.3) is 11.0 Å². The molecule has 0 atom stereocenters. The number of rotatable bonds is 5. The van der Waals surface area contributed by atoms with E-state index in [-0.39, 0.29) is 30.2 Å². The zero-order chi connectivity index (χ0) is 15.5. The highest BCUT2D eigenvalue weighted by Crippen LogP contribution is 2.16. The highest BCUT2D eigenvalue weighted by Gasteiger charge is 2.10. The summed E-state index contributed by atoms with van der Waals surface area (Å²) in [5, 5.41) is 4.55. The summed E-state index contributed by atoms with van der Waals surface area (Å²) in [6.45, 7) is 0. The van der Waals surface area contributed by atoms with Crippen LogP contribution >= 0.6 is 11.3 Å². The average Bonchev–Trinajstić information content (AvgIpc) is 3.12. The third-order valence-electron chi connectivity index (χ3n) is 3.17. The number of nitrogens with one attached hydrogen (secondary N) is 3. The van der Waals surface area contributed by atoms with Crippen molar-refractivity contribution in [3.63, 3.8) is 0 Å². The zero-order valence-electron chi connectivity index (χ0n) is 11.5. The van der Waals surface area contributed by atoms with Crippen molar-refractivity contribution in [3.05, 3.63) is 51.1 Å². The lowest BCUT2D eigenvalue weighted by Gasteiger charge is -2.04. The fourth-order valence-electron chi connectivity index (χ4n) is 2.12. The maximum absolute atomic E-state index is 11.9. The normalized spacial score (nSPS) is 10.7. The molecule has 0 aliphatic rings. The predicted octanol–water partition coefficient (Wildman–Crippen LogP) is 2.52. The van der Waals surface area contributed by atoms with Crippen molar-refractivity contribution in [2.45, 2.75) is 12.8 Å². The first-order valence-corrected chi connectivity index (χ1v) is 7.58. The Balaban J connectivity index is 1.60. The first kappa shape index (κ1) is 14.3. The lowest BCUT2D eigenvalue weighted by atomic mass is 10.2. The van der Waals surface area contributed by atoms with Gasteiger partial charge in [-0.15, -0.1) is 11.3 Å². The highest BCUT2D eigenvalue weighted by atomic mass is 32.1. The SMILES string of the molecule is O=C(CCC(=O)c1cccs1)Nc1ccc2[nH]c(=O)[nH]c2c1. The maximum atomic E-state index is 11.9. The van der Waals surface area contributed by atoms with Crippen LogP contribution in [0, 0.1) is 0 Å². The molecule has 0 saturated carbocycles. The number of benzene rings is 1. The van der Waals surface area contributed by atoms with E-state index in [1.54, 1.807) is 24.3 Å². The number of carbonyl (C=O) groups excluding carboxylic acids is 2. The Hall–Kier alpha value is -2.67. The molecule has 7 heteroatoms. The smallest absolute Gasteiger partial charge is 0.323 e. The van der Waals surface area contributed by atoms with Gasteiger partial charge in [0.05, 0.1) is 15.9 Å². The summed E-state index contributed by atoms with van der Waals surface area (Å²) < 4.78 is 0. The van der Waals surface area contributed by atoms with Gasteiger partial charge in [-0.25, -0.2) is 4.79 Å². The van der Waals surface area contributed by atoms with Crippen molar-refractivity contribution < 1.29 is 9.59 Å².